The molecule has 9 nitrogen and oxygen atoms in total. The van der Waals surface area contributed by atoms with Crippen LogP contribution in [0.25, 0.3) is 0 Å². The van der Waals surface area contributed by atoms with E-state index in [4.69, 9.17) is 27.9 Å². The summed E-state index contributed by atoms with van der Waals surface area (Å²) in [5, 5.41) is 1.04. The van der Waals surface area contributed by atoms with Gasteiger partial charge >= 0.3 is 0 Å². The Kier molecular flexibility index (Phi) is 6.86. The predicted molar refractivity (Wildman–Crippen MR) is 142 cm³/mol. The number of fused-ring (bicyclic) bond motifs is 1. The van der Waals surface area contributed by atoms with E-state index in [0.29, 0.717) is 46.8 Å². The zero-order valence-corrected chi connectivity index (χ0v) is 23.1. The smallest absolute Gasteiger partial charge is 0.225 e. The monoisotopic (exact) mass is 566 g/mol. The topological polar surface area (TPSA) is 109 Å². The second kappa shape index (κ2) is 9.88. The molecule has 4 fully saturated rings. The fourth-order valence-corrected chi connectivity index (χ4v) is 9.38. The summed E-state index contributed by atoms with van der Waals surface area (Å²) in [5.41, 5.74) is 8.61. The molecule has 5 heterocycles. The molecule has 0 amide bonds. The third-order valence-corrected chi connectivity index (χ3v) is 11.0. The maximum atomic E-state index is 12.1. The second-order valence-corrected chi connectivity index (χ2v) is 14.1. The molecule has 3 aliphatic heterocycles. The van der Waals surface area contributed by atoms with Gasteiger partial charge in [0, 0.05) is 60.5 Å². The van der Waals surface area contributed by atoms with Crippen LogP contribution in [0.5, 0.6) is 0 Å². The van der Waals surface area contributed by atoms with Crippen molar-refractivity contribution in [3.63, 3.8) is 0 Å². The molecule has 2 aromatic heterocycles. The van der Waals surface area contributed by atoms with Crippen molar-refractivity contribution in [2.24, 2.45) is 11.3 Å². The van der Waals surface area contributed by atoms with E-state index in [-0.39, 0.29) is 29.4 Å². The van der Waals surface area contributed by atoms with Gasteiger partial charge in [-0.1, -0.05) is 23.2 Å². The van der Waals surface area contributed by atoms with Crippen molar-refractivity contribution >= 4 is 39.0 Å². The van der Waals surface area contributed by atoms with E-state index in [1.165, 1.54) is 0 Å². The largest absolute Gasteiger partial charge is 0.370 e. The quantitative estimate of drug-likeness (QED) is 0.560. The van der Waals surface area contributed by atoms with E-state index >= 15 is 0 Å². The molecule has 4 unspecified atom stereocenters. The van der Waals surface area contributed by atoms with Gasteiger partial charge < -0.3 is 9.64 Å². The lowest BCUT2D eigenvalue weighted by atomic mass is 9.77. The molecule has 3 saturated heterocycles. The van der Waals surface area contributed by atoms with E-state index in [0.717, 1.165) is 43.2 Å². The van der Waals surface area contributed by atoms with Crippen molar-refractivity contribution in [1.82, 2.24) is 25.8 Å². The minimum atomic E-state index is -2.93. The highest BCUT2D eigenvalue weighted by Crippen LogP contribution is 2.43. The van der Waals surface area contributed by atoms with Crippen molar-refractivity contribution in [2.45, 2.75) is 63.3 Å². The number of pyridine rings is 1. The SMILES string of the molecule is C[C@@H](OC1CCC2NNC(c3cnc(N4CC5(CCCS(=O)(=O)C5)C4)nc3)C2C1)c1c(Cl)cncc1Cl. The Morgan fingerprint density at radius 2 is 1.84 bits per heavy atom. The van der Waals surface area contributed by atoms with E-state index < -0.39 is 9.84 Å². The minimum Gasteiger partial charge on any atom is -0.370 e. The summed E-state index contributed by atoms with van der Waals surface area (Å²) < 4.78 is 30.7. The van der Waals surface area contributed by atoms with Gasteiger partial charge in [-0.3, -0.25) is 10.4 Å². The third kappa shape index (κ3) is 5.08. The van der Waals surface area contributed by atoms with Crippen LogP contribution in [0, 0.1) is 11.3 Å². The number of sulfone groups is 1. The molecular formula is C25H32Cl2N6O3S. The van der Waals surface area contributed by atoms with Gasteiger partial charge in [0.2, 0.25) is 5.95 Å². The zero-order valence-electron chi connectivity index (χ0n) is 20.7. The van der Waals surface area contributed by atoms with E-state index in [2.05, 4.69) is 30.7 Å². The first-order valence-electron chi connectivity index (χ1n) is 12.9. The van der Waals surface area contributed by atoms with Gasteiger partial charge in [-0.05, 0) is 44.9 Å². The van der Waals surface area contributed by atoms with Gasteiger partial charge in [-0.25, -0.2) is 23.8 Å². The van der Waals surface area contributed by atoms with Crippen LogP contribution in [-0.4, -0.2) is 60.1 Å². The van der Waals surface area contributed by atoms with Crippen molar-refractivity contribution in [3.8, 4) is 0 Å². The molecule has 1 aliphatic carbocycles. The molecule has 0 aromatic carbocycles. The summed E-state index contributed by atoms with van der Waals surface area (Å²) in [7, 11) is -2.93. The molecule has 0 bridgehead atoms. The summed E-state index contributed by atoms with van der Waals surface area (Å²) >= 11 is 12.7. The molecule has 1 saturated carbocycles. The molecule has 6 rings (SSSR count). The normalized spacial score (nSPS) is 31.1. The zero-order chi connectivity index (χ0) is 25.8. The molecule has 12 heteroatoms. The standard InChI is InChI=1S/C25H32Cl2N6O3S/c1-15(22-19(26)10-28-11-20(22)27)36-17-3-4-21-18(7-17)23(32-31-21)16-8-29-24(30-9-16)33-12-25(13-33)5-2-6-37(34,35)14-25/h8-11,15,17-18,21,23,31-32H,2-7,12-14H2,1H3/t15-,17?,18?,21?,23?/m1/s1. The first-order valence-corrected chi connectivity index (χ1v) is 15.5. The van der Waals surface area contributed by atoms with E-state index in [1.807, 2.05) is 19.3 Å². The van der Waals surface area contributed by atoms with Crippen LogP contribution in [0.15, 0.2) is 24.8 Å². The number of halogens is 2. The van der Waals surface area contributed by atoms with Crippen molar-refractivity contribution in [3.05, 3.63) is 46.0 Å². The molecule has 4 aliphatic rings. The van der Waals surface area contributed by atoms with Crippen LogP contribution >= 0.6 is 23.2 Å². The second-order valence-electron chi connectivity index (χ2n) is 11.1. The molecule has 0 radical (unpaired) electrons. The van der Waals surface area contributed by atoms with Gasteiger partial charge in [0.1, 0.15) is 0 Å². The lowest BCUT2D eigenvalue weighted by Crippen LogP contribution is -2.61. The summed E-state index contributed by atoms with van der Waals surface area (Å²) in [5.74, 6) is 1.62. The number of aromatic nitrogens is 3. The predicted octanol–water partition coefficient (Wildman–Crippen LogP) is 3.66. The molecule has 2 N–H and O–H groups in total. The van der Waals surface area contributed by atoms with Gasteiger partial charge in [-0.2, -0.15) is 0 Å². The number of hydrazine groups is 1. The number of anilines is 1. The highest BCUT2D eigenvalue weighted by atomic mass is 35.5. The molecule has 37 heavy (non-hydrogen) atoms. The van der Waals surface area contributed by atoms with Crippen LogP contribution in [0.2, 0.25) is 10.0 Å². The number of rotatable bonds is 5. The Hall–Kier alpha value is -1.56. The van der Waals surface area contributed by atoms with Crippen LogP contribution in [0.4, 0.5) is 5.95 Å². The number of nitrogens with zero attached hydrogens (tertiary/aromatic N) is 4. The van der Waals surface area contributed by atoms with Crippen LogP contribution in [0.1, 0.15) is 62.3 Å². The van der Waals surface area contributed by atoms with Crippen LogP contribution in [-0.2, 0) is 14.6 Å². The van der Waals surface area contributed by atoms with Gasteiger partial charge in [-0.15, -0.1) is 0 Å². The molecular weight excluding hydrogens is 535 g/mol. The average molecular weight is 568 g/mol. The fraction of sp³-hybridized carbons (Fsp3) is 0.640. The first kappa shape index (κ1) is 25.7. The van der Waals surface area contributed by atoms with E-state index in [9.17, 15) is 8.42 Å². The van der Waals surface area contributed by atoms with Crippen molar-refractivity contribution in [2.75, 3.05) is 29.5 Å². The Bertz CT molecular complexity index is 1240. The maximum Gasteiger partial charge on any atom is 0.225 e. The van der Waals surface area contributed by atoms with Crippen LogP contribution in [0.3, 0.4) is 0 Å². The third-order valence-electron chi connectivity index (χ3n) is 8.44. The van der Waals surface area contributed by atoms with Gasteiger partial charge in [0.15, 0.2) is 9.84 Å². The Morgan fingerprint density at radius 1 is 1.11 bits per heavy atom. The summed E-state index contributed by atoms with van der Waals surface area (Å²) in [6.07, 6.45) is 11.4. The molecule has 200 valence electrons. The van der Waals surface area contributed by atoms with E-state index in [1.54, 1.807) is 12.4 Å². The number of ether oxygens (including phenoxy) is 1. The molecule has 1 spiro atoms. The van der Waals surface area contributed by atoms with Crippen molar-refractivity contribution < 1.29 is 13.2 Å². The first-order chi connectivity index (χ1) is 17.7. The number of nitrogens with one attached hydrogen (secondary N) is 2. The maximum absolute atomic E-state index is 12.1. The summed E-state index contributed by atoms with van der Waals surface area (Å²) in [6, 6.07) is 0.441. The van der Waals surface area contributed by atoms with Crippen LogP contribution < -0.4 is 15.8 Å². The van der Waals surface area contributed by atoms with Gasteiger partial charge in [0.05, 0.1) is 39.8 Å². The Morgan fingerprint density at radius 3 is 2.54 bits per heavy atom. The summed E-state index contributed by atoms with van der Waals surface area (Å²) in [4.78, 5) is 15.4. The molecule has 5 atom stereocenters. The highest BCUT2D eigenvalue weighted by Gasteiger charge is 2.49. The Labute approximate surface area is 227 Å². The fourth-order valence-electron chi connectivity index (χ4n) is 6.72. The van der Waals surface area contributed by atoms with Gasteiger partial charge in [0.25, 0.3) is 0 Å². The number of hydrogen-bond donors (Lipinski definition) is 2. The number of hydrogen-bond acceptors (Lipinski definition) is 9. The lowest BCUT2D eigenvalue weighted by Gasteiger charge is -2.51. The molecule has 2 aromatic rings. The Balaban J connectivity index is 1.09. The average Bonchev–Trinajstić information content (AvgIpc) is 3.25. The lowest BCUT2D eigenvalue weighted by molar-refractivity contribution is -0.0370. The minimum absolute atomic E-state index is 0.0834. The summed E-state index contributed by atoms with van der Waals surface area (Å²) in [6.45, 7) is 3.40. The highest BCUT2D eigenvalue weighted by molar-refractivity contribution is 7.91. The van der Waals surface area contributed by atoms with Crippen molar-refractivity contribution in [1.29, 1.82) is 0 Å².